The third-order valence-corrected chi connectivity index (χ3v) is 3.40. The van der Waals surface area contributed by atoms with Gasteiger partial charge in [0.05, 0.1) is 0 Å². The Morgan fingerprint density at radius 1 is 1.05 bits per heavy atom. The van der Waals surface area contributed by atoms with Gasteiger partial charge in [0.2, 0.25) is 0 Å². The molecule has 0 aliphatic heterocycles. The fourth-order valence-electron chi connectivity index (χ4n) is 1.69. The van der Waals surface area contributed by atoms with E-state index < -0.39 is 0 Å². The van der Waals surface area contributed by atoms with Gasteiger partial charge >= 0.3 is 0 Å². The van der Waals surface area contributed by atoms with Gasteiger partial charge in [0.15, 0.2) is 12.4 Å². The Bertz CT molecular complexity index is 544. The number of halogens is 1. The summed E-state index contributed by atoms with van der Waals surface area (Å²) in [7, 11) is 0. The Morgan fingerprint density at radius 3 is 2.26 bits per heavy atom. The summed E-state index contributed by atoms with van der Waals surface area (Å²) < 4.78 is 6.45. The van der Waals surface area contributed by atoms with Gasteiger partial charge < -0.3 is 4.74 Å². The average Bonchev–Trinajstić information content (AvgIpc) is 2.46. The highest BCUT2D eigenvalue weighted by molar-refractivity contribution is 9.10. The van der Waals surface area contributed by atoms with Crippen LogP contribution in [0.5, 0.6) is 5.75 Å². The van der Waals surface area contributed by atoms with Crippen molar-refractivity contribution in [2.75, 3.05) is 6.61 Å². The lowest BCUT2D eigenvalue weighted by atomic mass is 10.1. The Kier molecular flexibility index (Phi) is 4.74. The van der Waals surface area contributed by atoms with E-state index in [1.54, 1.807) is 0 Å². The van der Waals surface area contributed by atoms with Crippen LogP contribution in [0.25, 0.3) is 0 Å². The van der Waals surface area contributed by atoms with E-state index in [0.717, 1.165) is 10.9 Å². The summed E-state index contributed by atoms with van der Waals surface area (Å²) in [5, 5.41) is 0. The van der Waals surface area contributed by atoms with Crippen molar-refractivity contribution in [3.8, 4) is 5.75 Å². The number of aryl methyl sites for hydroxylation is 1. The SMILES string of the molecule is CCc1ccc(C(=O)COc2ccc(Br)cc2)cc1. The topological polar surface area (TPSA) is 26.3 Å². The highest BCUT2D eigenvalue weighted by Gasteiger charge is 2.06. The van der Waals surface area contributed by atoms with Gasteiger partial charge in [-0.3, -0.25) is 4.79 Å². The molecule has 0 aliphatic carbocycles. The lowest BCUT2D eigenvalue weighted by molar-refractivity contribution is 0.0921. The second-order valence-corrected chi connectivity index (χ2v) is 5.13. The molecule has 0 unspecified atom stereocenters. The summed E-state index contributed by atoms with van der Waals surface area (Å²) >= 11 is 3.35. The molecule has 2 rings (SSSR count). The molecule has 0 aromatic heterocycles. The van der Waals surface area contributed by atoms with E-state index in [2.05, 4.69) is 22.9 Å². The number of carbonyl (C=O) groups excluding carboxylic acids is 1. The fourth-order valence-corrected chi connectivity index (χ4v) is 1.95. The van der Waals surface area contributed by atoms with Crippen molar-refractivity contribution in [1.82, 2.24) is 0 Å². The molecule has 2 nitrogen and oxygen atoms in total. The normalized spacial score (nSPS) is 10.2. The van der Waals surface area contributed by atoms with Crippen molar-refractivity contribution in [3.05, 3.63) is 64.1 Å². The molecular weight excluding hydrogens is 304 g/mol. The first-order valence-electron chi connectivity index (χ1n) is 6.19. The van der Waals surface area contributed by atoms with E-state index in [1.807, 2.05) is 48.5 Å². The third-order valence-electron chi connectivity index (χ3n) is 2.87. The second-order valence-electron chi connectivity index (χ2n) is 4.22. The number of hydrogen-bond donors (Lipinski definition) is 0. The maximum absolute atomic E-state index is 12.0. The van der Waals surface area contributed by atoms with Gasteiger partial charge in [0.1, 0.15) is 5.75 Å². The van der Waals surface area contributed by atoms with Crippen LogP contribution < -0.4 is 4.74 Å². The molecule has 98 valence electrons. The Hall–Kier alpha value is -1.61. The number of carbonyl (C=O) groups is 1. The quantitative estimate of drug-likeness (QED) is 0.769. The summed E-state index contributed by atoms with van der Waals surface area (Å²) in [6, 6.07) is 15.1. The van der Waals surface area contributed by atoms with E-state index in [9.17, 15) is 4.79 Å². The standard InChI is InChI=1S/C16H15BrO2/c1-2-12-3-5-13(6-4-12)16(18)11-19-15-9-7-14(17)8-10-15/h3-10H,2,11H2,1H3. The van der Waals surface area contributed by atoms with Crippen LogP contribution in [0, 0.1) is 0 Å². The molecule has 2 aromatic rings. The second kappa shape index (κ2) is 6.53. The van der Waals surface area contributed by atoms with Gasteiger partial charge in [0, 0.05) is 10.0 Å². The van der Waals surface area contributed by atoms with Crippen LogP contribution in [-0.2, 0) is 6.42 Å². The summed E-state index contributed by atoms with van der Waals surface area (Å²) in [6.07, 6.45) is 0.976. The molecule has 0 N–H and O–H groups in total. The smallest absolute Gasteiger partial charge is 0.200 e. The van der Waals surface area contributed by atoms with E-state index in [-0.39, 0.29) is 12.4 Å². The van der Waals surface area contributed by atoms with Gasteiger partial charge in [0.25, 0.3) is 0 Å². The van der Waals surface area contributed by atoms with Gasteiger partial charge in [-0.2, -0.15) is 0 Å². The first kappa shape index (κ1) is 13.8. The Balaban J connectivity index is 1.95. The molecule has 0 spiro atoms. The lowest BCUT2D eigenvalue weighted by Gasteiger charge is -2.06. The molecule has 0 fully saturated rings. The van der Waals surface area contributed by atoms with Crippen LogP contribution in [0.2, 0.25) is 0 Å². The maximum Gasteiger partial charge on any atom is 0.200 e. The van der Waals surface area contributed by atoms with Crippen molar-refractivity contribution < 1.29 is 9.53 Å². The van der Waals surface area contributed by atoms with Crippen LogP contribution in [0.15, 0.2) is 53.0 Å². The van der Waals surface area contributed by atoms with Crippen LogP contribution in [0.3, 0.4) is 0 Å². The lowest BCUT2D eigenvalue weighted by Crippen LogP contribution is -2.11. The summed E-state index contributed by atoms with van der Waals surface area (Å²) in [6.45, 7) is 2.15. The molecule has 0 saturated carbocycles. The van der Waals surface area contributed by atoms with Crippen molar-refractivity contribution in [2.45, 2.75) is 13.3 Å². The van der Waals surface area contributed by atoms with Crippen molar-refractivity contribution in [1.29, 1.82) is 0 Å². The molecule has 3 heteroatoms. The summed E-state index contributed by atoms with van der Waals surface area (Å²) in [5.74, 6) is 0.687. The Labute approximate surface area is 121 Å². The predicted octanol–water partition coefficient (Wildman–Crippen LogP) is 4.27. The zero-order valence-electron chi connectivity index (χ0n) is 10.7. The molecule has 0 amide bonds. The van der Waals surface area contributed by atoms with E-state index >= 15 is 0 Å². The van der Waals surface area contributed by atoms with Crippen molar-refractivity contribution in [2.24, 2.45) is 0 Å². The minimum atomic E-state index is -0.00873. The molecule has 0 heterocycles. The van der Waals surface area contributed by atoms with Crippen molar-refractivity contribution >= 4 is 21.7 Å². The van der Waals surface area contributed by atoms with Gasteiger partial charge in [-0.1, -0.05) is 47.1 Å². The Morgan fingerprint density at radius 2 is 1.68 bits per heavy atom. The summed E-state index contributed by atoms with van der Waals surface area (Å²) in [4.78, 5) is 12.0. The minimum Gasteiger partial charge on any atom is -0.485 e. The highest BCUT2D eigenvalue weighted by atomic mass is 79.9. The van der Waals surface area contributed by atoms with Gasteiger partial charge in [-0.15, -0.1) is 0 Å². The average molecular weight is 319 g/mol. The molecule has 2 aromatic carbocycles. The molecule has 19 heavy (non-hydrogen) atoms. The molecule has 0 radical (unpaired) electrons. The first-order chi connectivity index (χ1) is 9.19. The first-order valence-corrected chi connectivity index (χ1v) is 6.99. The highest BCUT2D eigenvalue weighted by Crippen LogP contribution is 2.16. The number of benzene rings is 2. The molecular formula is C16H15BrO2. The van der Waals surface area contributed by atoms with E-state index in [0.29, 0.717) is 11.3 Å². The van der Waals surface area contributed by atoms with Crippen LogP contribution >= 0.6 is 15.9 Å². The number of rotatable bonds is 5. The number of ether oxygens (including phenoxy) is 1. The fraction of sp³-hybridized carbons (Fsp3) is 0.188. The maximum atomic E-state index is 12.0. The predicted molar refractivity (Wildman–Crippen MR) is 79.8 cm³/mol. The molecule has 0 atom stereocenters. The van der Waals surface area contributed by atoms with Crippen LogP contribution in [0.4, 0.5) is 0 Å². The third kappa shape index (κ3) is 3.93. The van der Waals surface area contributed by atoms with E-state index in [1.165, 1.54) is 5.56 Å². The zero-order chi connectivity index (χ0) is 13.7. The van der Waals surface area contributed by atoms with Crippen LogP contribution in [-0.4, -0.2) is 12.4 Å². The van der Waals surface area contributed by atoms with Crippen LogP contribution in [0.1, 0.15) is 22.8 Å². The van der Waals surface area contributed by atoms with E-state index in [4.69, 9.17) is 4.74 Å². The largest absolute Gasteiger partial charge is 0.485 e. The van der Waals surface area contributed by atoms with Gasteiger partial charge in [-0.25, -0.2) is 0 Å². The summed E-state index contributed by atoms with van der Waals surface area (Å²) in [5.41, 5.74) is 1.92. The molecule has 0 bridgehead atoms. The van der Waals surface area contributed by atoms with Gasteiger partial charge in [-0.05, 0) is 36.2 Å². The molecule has 0 saturated heterocycles. The number of Topliss-reactive ketones (excluding diaryl/α,β-unsaturated/α-hetero) is 1. The van der Waals surface area contributed by atoms with Crippen molar-refractivity contribution in [3.63, 3.8) is 0 Å². The number of hydrogen-bond acceptors (Lipinski definition) is 2. The molecule has 0 aliphatic rings. The number of ketones is 1. The minimum absolute atomic E-state index is 0.00873. The monoisotopic (exact) mass is 318 g/mol. The zero-order valence-corrected chi connectivity index (χ0v) is 12.3.